The van der Waals surface area contributed by atoms with Crippen LogP contribution in [-0.2, 0) is 4.74 Å². The summed E-state index contributed by atoms with van der Waals surface area (Å²) in [4.78, 5) is 0. The van der Waals surface area contributed by atoms with Gasteiger partial charge in [0.15, 0.2) is 0 Å². The first kappa shape index (κ1) is 12.1. The highest BCUT2D eigenvalue weighted by atomic mass is 32.1. The van der Waals surface area contributed by atoms with E-state index >= 15 is 0 Å². The van der Waals surface area contributed by atoms with E-state index in [-0.39, 0.29) is 0 Å². The highest BCUT2D eigenvalue weighted by Gasteiger charge is 2.37. The number of ether oxygens (including phenoxy) is 1. The second kappa shape index (κ2) is 5.80. The lowest BCUT2D eigenvalue weighted by Gasteiger charge is -2.26. The number of hydrogen-bond donors (Lipinski definition) is 1. The molecule has 1 aromatic rings. The van der Waals surface area contributed by atoms with Crippen molar-refractivity contribution in [3.05, 3.63) is 22.4 Å². The van der Waals surface area contributed by atoms with Gasteiger partial charge in [-0.3, -0.25) is 0 Å². The lowest BCUT2D eigenvalue weighted by Crippen LogP contribution is -2.35. The molecule has 1 heterocycles. The molecule has 0 aliphatic heterocycles. The van der Waals surface area contributed by atoms with Crippen LogP contribution >= 0.6 is 11.3 Å². The molecule has 0 saturated heterocycles. The molecule has 1 N–H and O–H groups in total. The molecule has 90 valence electrons. The molecule has 0 amide bonds. The van der Waals surface area contributed by atoms with Crippen molar-refractivity contribution in [2.75, 3.05) is 13.7 Å². The Bertz CT molecular complexity index is 295. The second-order valence-electron chi connectivity index (χ2n) is 4.53. The maximum Gasteiger partial charge on any atom is 0.0794 e. The van der Waals surface area contributed by atoms with Crippen LogP contribution in [0, 0.1) is 5.92 Å². The van der Waals surface area contributed by atoms with Gasteiger partial charge in [0, 0.05) is 7.11 Å². The lowest BCUT2D eigenvalue weighted by atomic mass is 10.0. The van der Waals surface area contributed by atoms with Crippen molar-refractivity contribution in [1.82, 2.24) is 5.32 Å². The Kier molecular flexibility index (Phi) is 4.38. The molecule has 0 spiro atoms. The zero-order valence-electron chi connectivity index (χ0n) is 10.1. The van der Waals surface area contributed by atoms with E-state index in [1.54, 1.807) is 11.3 Å². The van der Waals surface area contributed by atoms with Gasteiger partial charge in [-0.25, -0.2) is 0 Å². The highest BCUT2D eigenvalue weighted by Crippen LogP contribution is 2.40. The second-order valence-corrected chi connectivity index (χ2v) is 5.31. The van der Waals surface area contributed by atoms with Crippen LogP contribution in [0.25, 0.3) is 0 Å². The van der Waals surface area contributed by atoms with Gasteiger partial charge >= 0.3 is 0 Å². The summed E-state index contributed by atoms with van der Waals surface area (Å²) in [5, 5.41) is 8.01. The zero-order valence-corrected chi connectivity index (χ0v) is 10.9. The normalized spacial score (nSPS) is 19.6. The Morgan fingerprint density at radius 3 is 2.88 bits per heavy atom. The average molecular weight is 239 g/mol. The van der Waals surface area contributed by atoms with Crippen molar-refractivity contribution in [1.29, 1.82) is 0 Å². The van der Waals surface area contributed by atoms with Crippen LogP contribution in [0.3, 0.4) is 0 Å². The minimum Gasteiger partial charge on any atom is -0.379 e. The van der Waals surface area contributed by atoms with E-state index in [4.69, 9.17) is 4.74 Å². The average Bonchev–Trinajstić information content (AvgIpc) is 2.99. The summed E-state index contributed by atoms with van der Waals surface area (Å²) in [6.45, 7) is 3.27. The SMILES string of the molecule is CCCNC(c1ccsc1)C(OC)C1CC1. The molecule has 1 saturated carbocycles. The van der Waals surface area contributed by atoms with Crippen molar-refractivity contribution in [2.45, 2.75) is 38.3 Å². The molecule has 0 radical (unpaired) electrons. The maximum absolute atomic E-state index is 5.70. The fourth-order valence-electron chi connectivity index (χ4n) is 2.20. The van der Waals surface area contributed by atoms with Crippen LogP contribution in [0.5, 0.6) is 0 Å². The predicted octanol–water partition coefficient (Wildman–Crippen LogP) is 3.21. The van der Waals surface area contributed by atoms with Gasteiger partial charge in [0.2, 0.25) is 0 Å². The number of rotatable bonds is 7. The summed E-state index contributed by atoms with van der Waals surface area (Å²) in [6, 6.07) is 2.59. The Morgan fingerprint density at radius 2 is 2.38 bits per heavy atom. The minimum absolute atomic E-state index is 0.348. The maximum atomic E-state index is 5.70. The molecule has 1 fully saturated rings. The molecular weight excluding hydrogens is 218 g/mol. The molecule has 3 heteroatoms. The molecule has 16 heavy (non-hydrogen) atoms. The molecule has 2 unspecified atom stereocenters. The van der Waals surface area contributed by atoms with Crippen LogP contribution < -0.4 is 5.32 Å². The van der Waals surface area contributed by atoms with Gasteiger partial charge in [0.05, 0.1) is 12.1 Å². The van der Waals surface area contributed by atoms with Crippen LogP contribution in [0.1, 0.15) is 37.8 Å². The van der Waals surface area contributed by atoms with Gasteiger partial charge in [-0.2, -0.15) is 11.3 Å². The molecule has 0 bridgehead atoms. The molecule has 1 aliphatic carbocycles. The summed E-state index contributed by atoms with van der Waals surface area (Å²) in [5.74, 6) is 0.763. The molecule has 2 nitrogen and oxygen atoms in total. The Morgan fingerprint density at radius 1 is 1.56 bits per heavy atom. The quantitative estimate of drug-likeness (QED) is 0.789. The fraction of sp³-hybridized carbons (Fsp3) is 0.692. The first-order chi connectivity index (χ1) is 7.86. The number of methoxy groups -OCH3 is 1. The van der Waals surface area contributed by atoms with Crippen molar-refractivity contribution in [3.8, 4) is 0 Å². The van der Waals surface area contributed by atoms with Gasteiger partial charge in [0.25, 0.3) is 0 Å². The van der Waals surface area contributed by atoms with Gasteiger partial charge in [0.1, 0.15) is 0 Å². The standard InChI is InChI=1S/C13H21NOS/c1-3-7-14-12(11-6-8-16-9-11)13(15-2)10-4-5-10/h6,8-10,12-14H,3-5,7H2,1-2H3. The summed E-state index contributed by atoms with van der Waals surface area (Å²) >= 11 is 1.77. The highest BCUT2D eigenvalue weighted by molar-refractivity contribution is 7.07. The Labute approximate surface area is 102 Å². The smallest absolute Gasteiger partial charge is 0.0794 e. The molecule has 1 aliphatic rings. The fourth-order valence-corrected chi connectivity index (χ4v) is 2.90. The predicted molar refractivity (Wildman–Crippen MR) is 68.9 cm³/mol. The van der Waals surface area contributed by atoms with Crippen molar-refractivity contribution >= 4 is 11.3 Å². The lowest BCUT2D eigenvalue weighted by molar-refractivity contribution is 0.0508. The van der Waals surface area contributed by atoms with Crippen molar-refractivity contribution < 1.29 is 4.74 Å². The zero-order chi connectivity index (χ0) is 11.4. The van der Waals surface area contributed by atoms with Crippen molar-refractivity contribution in [3.63, 3.8) is 0 Å². The van der Waals surface area contributed by atoms with Gasteiger partial charge in [-0.1, -0.05) is 6.92 Å². The van der Waals surface area contributed by atoms with E-state index in [9.17, 15) is 0 Å². The van der Waals surface area contributed by atoms with Crippen LogP contribution in [0.2, 0.25) is 0 Å². The molecule has 2 atom stereocenters. The van der Waals surface area contributed by atoms with Gasteiger partial charge in [-0.05, 0) is 54.1 Å². The first-order valence-electron chi connectivity index (χ1n) is 6.15. The monoisotopic (exact) mass is 239 g/mol. The van der Waals surface area contributed by atoms with E-state index < -0.39 is 0 Å². The van der Waals surface area contributed by atoms with E-state index in [0.29, 0.717) is 12.1 Å². The molecular formula is C13H21NOS. The minimum atomic E-state index is 0.348. The topological polar surface area (TPSA) is 21.3 Å². The van der Waals surface area contributed by atoms with E-state index in [0.717, 1.165) is 12.5 Å². The third kappa shape index (κ3) is 2.84. The summed E-state index contributed by atoms with van der Waals surface area (Å²) in [6.07, 6.45) is 4.17. The Hall–Kier alpha value is -0.380. The van der Waals surface area contributed by atoms with Crippen LogP contribution in [-0.4, -0.2) is 19.8 Å². The molecule has 2 rings (SSSR count). The third-order valence-corrected chi connectivity index (χ3v) is 3.91. The summed E-state index contributed by atoms with van der Waals surface area (Å²) in [7, 11) is 1.84. The van der Waals surface area contributed by atoms with Crippen LogP contribution in [0.15, 0.2) is 16.8 Å². The van der Waals surface area contributed by atoms with Crippen molar-refractivity contribution in [2.24, 2.45) is 5.92 Å². The first-order valence-corrected chi connectivity index (χ1v) is 7.09. The molecule has 0 aromatic carbocycles. The largest absolute Gasteiger partial charge is 0.379 e. The van der Waals surface area contributed by atoms with Gasteiger partial charge in [-0.15, -0.1) is 0 Å². The number of thiophene rings is 1. The summed E-state index contributed by atoms with van der Waals surface area (Å²) < 4.78 is 5.70. The summed E-state index contributed by atoms with van der Waals surface area (Å²) in [5.41, 5.74) is 1.39. The van der Waals surface area contributed by atoms with Gasteiger partial charge < -0.3 is 10.1 Å². The number of nitrogens with one attached hydrogen (secondary N) is 1. The third-order valence-electron chi connectivity index (χ3n) is 3.20. The number of hydrogen-bond acceptors (Lipinski definition) is 3. The Balaban J connectivity index is 2.06. The van der Waals surface area contributed by atoms with E-state index in [2.05, 4.69) is 29.1 Å². The molecule has 1 aromatic heterocycles. The van der Waals surface area contributed by atoms with E-state index in [1.165, 1.54) is 24.8 Å². The van der Waals surface area contributed by atoms with Crippen LogP contribution in [0.4, 0.5) is 0 Å². The van der Waals surface area contributed by atoms with E-state index in [1.807, 2.05) is 7.11 Å².